The second kappa shape index (κ2) is 4.39. The van der Waals surface area contributed by atoms with Gasteiger partial charge >= 0.3 is 0 Å². The molecule has 1 saturated heterocycles. The molecule has 4 heteroatoms. The van der Waals surface area contributed by atoms with Crippen LogP contribution in [0.5, 0.6) is 0 Å². The molecule has 2 rings (SSSR count). The number of rotatable bonds is 3. The third-order valence-electron chi connectivity index (χ3n) is 2.64. The molecular weight excluding hydrogens is 222 g/mol. The van der Waals surface area contributed by atoms with Gasteiger partial charge in [-0.25, -0.2) is 8.42 Å². The molecule has 85 valence electrons. The van der Waals surface area contributed by atoms with Crippen LogP contribution in [-0.2, 0) is 10.0 Å². The Morgan fingerprint density at radius 1 is 1.25 bits per heavy atom. The summed E-state index contributed by atoms with van der Waals surface area (Å²) in [5.41, 5.74) is 0.921. The first kappa shape index (κ1) is 11.4. The molecule has 0 aromatic heterocycles. The zero-order valence-corrected chi connectivity index (χ0v) is 9.78. The topological polar surface area (TPSA) is 37.4 Å². The van der Waals surface area contributed by atoms with Crippen LogP contribution in [0.2, 0.25) is 0 Å². The molecule has 1 fully saturated rings. The van der Waals surface area contributed by atoms with Crippen LogP contribution < -0.4 is 0 Å². The number of hydrogen-bond acceptors (Lipinski definition) is 2. The minimum atomic E-state index is -3.32. The summed E-state index contributed by atoms with van der Waals surface area (Å²) in [6, 6.07) is 6.77. The lowest BCUT2D eigenvalue weighted by atomic mass is 10.2. The molecule has 0 atom stereocenters. The Hall–Kier alpha value is -1.13. The van der Waals surface area contributed by atoms with Crippen LogP contribution >= 0.6 is 0 Å². The van der Waals surface area contributed by atoms with Crippen molar-refractivity contribution < 1.29 is 8.42 Å². The predicted molar refractivity (Wildman–Crippen MR) is 64.0 cm³/mol. The van der Waals surface area contributed by atoms with Gasteiger partial charge in [-0.15, -0.1) is 0 Å². The molecule has 0 saturated carbocycles. The lowest BCUT2D eigenvalue weighted by Crippen LogP contribution is -2.25. The Kier molecular flexibility index (Phi) is 3.12. The molecule has 0 aliphatic carbocycles. The highest BCUT2D eigenvalue weighted by Gasteiger charge is 2.27. The molecule has 3 nitrogen and oxygen atoms in total. The van der Waals surface area contributed by atoms with E-state index in [1.54, 1.807) is 36.9 Å². The zero-order chi connectivity index (χ0) is 11.6. The first-order valence-corrected chi connectivity index (χ1v) is 6.66. The van der Waals surface area contributed by atoms with Crippen molar-refractivity contribution in [3.05, 3.63) is 43.0 Å². The van der Waals surface area contributed by atoms with E-state index in [2.05, 4.69) is 6.58 Å². The van der Waals surface area contributed by atoms with Crippen molar-refractivity contribution in [3.8, 4) is 0 Å². The van der Waals surface area contributed by atoms with Gasteiger partial charge in [0.15, 0.2) is 0 Å². The van der Waals surface area contributed by atoms with Crippen molar-refractivity contribution in [2.24, 2.45) is 0 Å². The van der Waals surface area contributed by atoms with E-state index >= 15 is 0 Å². The SMILES string of the molecule is C=Cc1ccc(S(=O)(=O)N2[CH]CCC2)cc1. The number of sulfonamides is 1. The molecular formula is C12H14NO2S. The third-order valence-corrected chi connectivity index (χ3v) is 4.45. The van der Waals surface area contributed by atoms with Crippen molar-refractivity contribution in [2.45, 2.75) is 17.7 Å². The Bertz CT molecular complexity index is 470. The van der Waals surface area contributed by atoms with Crippen molar-refractivity contribution >= 4 is 16.1 Å². The maximum Gasteiger partial charge on any atom is 0.243 e. The van der Waals surface area contributed by atoms with Gasteiger partial charge in [-0.3, -0.25) is 0 Å². The second-order valence-electron chi connectivity index (χ2n) is 3.71. The standard InChI is InChI=1S/C12H14NO2S/c1-2-11-5-7-12(8-6-11)16(14,15)13-9-3-4-10-13/h2,5-9H,1,3-4,10H2. The Balaban J connectivity index is 2.31. The Morgan fingerprint density at radius 2 is 1.94 bits per heavy atom. The molecule has 1 aromatic carbocycles. The summed E-state index contributed by atoms with van der Waals surface area (Å²) in [5.74, 6) is 0. The van der Waals surface area contributed by atoms with Gasteiger partial charge in [-0.1, -0.05) is 24.8 Å². The summed E-state index contributed by atoms with van der Waals surface area (Å²) in [5, 5.41) is 0. The maximum atomic E-state index is 12.1. The van der Waals surface area contributed by atoms with Crippen molar-refractivity contribution in [1.29, 1.82) is 0 Å². The molecule has 0 amide bonds. The Labute approximate surface area is 96.4 Å². The molecule has 1 aromatic rings. The number of hydrogen-bond donors (Lipinski definition) is 0. The van der Waals surface area contributed by atoms with Crippen molar-refractivity contribution in [1.82, 2.24) is 4.31 Å². The van der Waals surface area contributed by atoms with Gasteiger partial charge in [0.1, 0.15) is 0 Å². The molecule has 0 N–H and O–H groups in total. The van der Waals surface area contributed by atoms with Gasteiger partial charge in [0, 0.05) is 13.1 Å². The van der Waals surface area contributed by atoms with Gasteiger partial charge in [0.2, 0.25) is 10.0 Å². The lowest BCUT2D eigenvalue weighted by Gasteiger charge is -2.14. The smallest absolute Gasteiger partial charge is 0.207 e. The van der Waals surface area contributed by atoms with E-state index in [-0.39, 0.29) is 0 Å². The van der Waals surface area contributed by atoms with Crippen LogP contribution in [0.4, 0.5) is 0 Å². The van der Waals surface area contributed by atoms with Gasteiger partial charge in [-0.05, 0) is 30.5 Å². The van der Waals surface area contributed by atoms with Crippen molar-refractivity contribution in [2.75, 3.05) is 6.54 Å². The van der Waals surface area contributed by atoms with Crippen LogP contribution in [0.25, 0.3) is 6.08 Å². The van der Waals surface area contributed by atoms with E-state index in [9.17, 15) is 8.42 Å². The third kappa shape index (κ3) is 2.03. The normalized spacial score (nSPS) is 17.5. The Morgan fingerprint density at radius 3 is 2.44 bits per heavy atom. The van der Waals surface area contributed by atoms with Crippen LogP contribution in [0, 0.1) is 6.54 Å². The zero-order valence-electron chi connectivity index (χ0n) is 8.96. The minimum Gasteiger partial charge on any atom is -0.207 e. The van der Waals surface area contributed by atoms with E-state index in [0.717, 1.165) is 18.4 Å². The highest BCUT2D eigenvalue weighted by molar-refractivity contribution is 7.89. The fourth-order valence-electron chi connectivity index (χ4n) is 1.70. The summed E-state index contributed by atoms with van der Waals surface area (Å²) >= 11 is 0. The first-order valence-electron chi connectivity index (χ1n) is 5.22. The average molecular weight is 236 g/mol. The second-order valence-corrected chi connectivity index (χ2v) is 5.60. The van der Waals surface area contributed by atoms with E-state index < -0.39 is 10.0 Å². The highest BCUT2D eigenvalue weighted by Crippen LogP contribution is 2.23. The molecule has 1 radical (unpaired) electrons. The van der Waals surface area contributed by atoms with Gasteiger partial charge in [0.05, 0.1) is 4.90 Å². The molecule has 1 aliphatic heterocycles. The predicted octanol–water partition coefficient (Wildman–Crippen LogP) is 2.28. The van der Waals surface area contributed by atoms with Gasteiger partial charge < -0.3 is 0 Å². The fourth-order valence-corrected chi connectivity index (χ4v) is 3.13. The van der Waals surface area contributed by atoms with E-state index in [1.165, 1.54) is 4.31 Å². The van der Waals surface area contributed by atoms with Gasteiger partial charge in [-0.2, -0.15) is 4.31 Å². The summed E-state index contributed by atoms with van der Waals surface area (Å²) in [6.45, 7) is 5.97. The molecule has 1 heterocycles. The van der Waals surface area contributed by atoms with Crippen LogP contribution in [0.15, 0.2) is 35.7 Å². The largest absolute Gasteiger partial charge is 0.243 e. The van der Waals surface area contributed by atoms with Crippen LogP contribution in [-0.4, -0.2) is 19.3 Å². The molecule has 0 unspecified atom stereocenters. The minimum absolute atomic E-state index is 0.344. The fraction of sp³-hybridized carbons (Fsp3) is 0.250. The molecule has 0 bridgehead atoms. The van der Waals surface area contributed by atoms with E-state index in [4.69, 9.17) is 0 Å². The molecule has 16 heavy (non-hydrogen) atoms. The number of benzene rings is 1. The summed E-state index contributed by atoms with van der Waals surface area (Å²) < 4.78 is 25.6. The molecule has 0 spiro atoms. The van der Waals surface area contributed by atoms with Crippen LogP contribution in [0.1, 0.15) is 18.4 Å². The average Bonchev–Trinajstić information content (AvgIpc) is 2.83. The van der Waals surface area contributed by atoms with E-state index in [0.29, 0.717) is 11.4 Å². The van der Waals surface area contributed by atoms with Crippen LogP contribution in [0.3, 0.4) is 0 Å². The monoisotopic (exact) mass is 236 g/mol. The first-order chi connectivity index (χ1) is 7.64. The molecule has 1 aliphatic rings. The van der Waals surface area contributed by atoms with Gasteiger partial charge in [0.25, 0.3) is 0 Å². The maximum absolute atomic E-state index is 12.1. The summed E-state index contributed by atoms with van der Waals surface area (Å²) in [7, 11) is -3.32. The van der Waals surface area contributed by atoms with E-state index in [1.807, 2.05) is 0 Å². The number of nitrogens with zero attached hydrogens (tertiary/aromatic N) is 1. The summed E-state index contributed by atoms with van der Waals surface area (Å²) in [4.78, 5) is 0.344. The lowest BCUT2D eigenvalue weighted by molar-refractivity contribution is 0.507. The quantitative estimate of drug-likeness (QED) is 0.807. The summed E-state index contributed by atoms with van der Waals surface area (Å²) in [6.07, 6.45) is 3.44. The highest BCUT2D eigenvalue weighted by atomic mass is 32.2. The van der Waals surface area contributed by atoms with Crippen molar-refractivity contribution in [3.63, 3.8) is 0 Å².